The summed E-state index contributed by atoms with van der Waals surface area (Å²) < 4.78 is 1.67. The first-order valence-corrected chi connectivity index (χ1v) is 8.82. The second-order valence-corrected chi connectivity index (χ2v) is 7.28. The number of rotatable bonds is 4. The molecule has 0 radical (unpaired) electrons. The smallest absolute Gasteiger partial charge is 0.235 e. The Morgan fingerprint density at radius 1 is 1.26 bits per heavy atom. The highest BCUT2D eigenvalue weighted by Crippen LogP contribution is 2.25. The van der Waals surface area contributed by atoms with Gasteiger partial charge in [0.05, 0.1) is 10.9 Å². The van der Waals surface area contributed by atoms with E-state index in [1.165, 1.54) is 11.8 Å². The average Bonchev–Trinajstić information content (AvgIpc) is 3.04. The number of benzene rings is 1. The minimum atomic E-state index is -0.197. The van der Waals surface area contributed by atoms with Crippen molar-refractivity contribution in [1.29, 1.82) is 0 Å². The number of likely N-dealkylation sites (tertiary alicyclic amines) is 1. The largest absolute Gasteiger partial charge is 0.342 e. The second kappa shape index (κ2) is 7.12. The number of amides is 1. The number of thioether (sulfide) groups is 1. The number of para-hydroxylation sites is 1. The molecule has 0 unspecified atom stereocenters. The minimum Gasteiger partial charge on any atom is -0.342 e. The second-order valence-electron chi connectivity index (χ2n) is 5.98. The predicted molar refractivity (Wildman–Crippen MR) is 89.5 cm³/mol. The van der Waals surface area contributed by atoms with E-state index in [4.69, 9.17) is 0 Å². The van der Waals surface area contributed by atoms with Crippen LogP contribution in [0.2, 0.25) is 0 Å². The highest BCUT2D eigenvalue weighted by molar-refractivity contribution is 8.00. The third-order valence-electron chi connectivity index (χ3n) is 4.17. The van der Waals surface area contributed by atoms with Gasteiger partial charge in [-0.1, -0.05) is 36.9 Å². The third kappa shape index (κ3) is 3.72. The first-order valence-electron chi connectivity index (χ1n) is 7.94. The van der Waals surface area contributed by atoms with E-state index in [9.17, 15) is 4.79 Å². The van der Waals surface area contributed by atoms with Crippen LogP contribution in [0.4, 0.5) is 0 Å². The minimum absolute atomic E-state index is 0.171. The highest BCUT2D eigenvalue weighted by atomic mass is 32.2. The fourth-order valence-electron chi connectivity index (χ4n) is 2.68. The number of nitrogens with zero attached hydrogens (tertiary/aromatic N) is 5. The van der Waals surface area contributed by atoms with Gasteiger partial charge in [-0.2, -0.15) is 4.68 Å². The van der Waals surface area contributed by atoms with E-state index in [2.05, 4.69) is 22.4 Å². The zero-order valence-electron chi connectivity index (χ0n) is 13.4. The molecule has 0 spiro atoms. The maximum absolute atomic E-state index is 12.6. The van der Waals surface area contributed by atoms with Crippen LogP contribution < -0.4 is 0 Å². The molecule has 1 aromatic carbocycles. The lowest BCUT2D eigenvalue weighted by atomic mass is 9.99. The van der Waals surface area contributed by atoms with E-state index in [1.807, 2.05) is 42.2 Å². The summed E-state index contributed by atoms with van der Waals surface area (Å²) in [7, 11) is 0. The van der Waals surface area contributed by atoms with Crippen molar-refractivity contribution in [3.63, 3.8) is 0 Å². The number of piperidine rings is 1. The van der Waals surface area contributed by atoms with Crippen molar-refractivity contribution < 1.29 is 4.79 Å². The van der Waals surface area contributed by atoms with Gasteiger partial charge >= 0.3 is 0 Å². The van der Waals surface area contributed by atoms with Crippen LogP contribution in [-0.4, -0.2) is 49.4 Å². The molecule has 0 bridgehead atoms. The van der Waals surface area contributed by atoms with E-state index in [1.54, 1.807) is 4.68 Å². The van der Waals surface area contributed by atoms with Crippen molar-refractivity contribution in [2.24, 2.45) is 5.92 Å². The molecule has 1 atom stereocenters. The summed E-state index contributed by atoms with van der Waals surface area (Å²) in [4.78, 5) is 14.6. The quantitative estimate of drug-likeness (QED) is 0.805. The molecule has 1 aliphatic heterocycles. The summed E-state index contributed by atoms with van der Waals surface area (Å²) in [6.45, 7) is 5.88. The Morgan fingerprint density at radius 2 is 1.96 bits per heavy atom. The molecule has 2 aromatic rings. The average molecular weight is 331 g/mol. The van der Waals surface area contributed by atoms with Crippen molar-refractivity contribution in [3.05, 3.63) is 30.3 Å². The molecule has 1 fully saturated rings. The summed E-state index contributed by atoms with van der Waals surface area (Å²) in [5.41, 5.74) is 0.895. The summed E-state index contributed by atoms with van der Waals surface area (Å²) in [6.07, 6.45) is 2.18. The molecule has 1 aromatic heterocycles. The SMILES string of the molecule is CC1CCN(C(=O)[C@H](C)Sc2nnnn2-c2ccccc2)CC1. The van der Waals surface area contributed by atoms with Gasteiger partial charge < -0.3 is 4.90 Å². The van der Waals surface area contributed by atoms with Crippen LogP contribution in [0, 0.1) is 5.92 Å². The Bertz CT molecular complexity index is 652. The van der Waals surface area contributed by atoms with E-state index in [0.29, 0.717) is 11.1 Å². The van der Waals surface area contributed by atoms with Crippen LogP contribution in [0.25, 0.3) is 5.69 Å². The van der Waals surface area contributed by atoms with Crippen LogP contribution in [-0.2, 0) is 4.79 Å². The van der Waals surface area contributed by atoms with Gasteiger partial charge in [0.1, 0.15) is 0 Å². The summed E-state index contributed by atoms with van der Waals surface area (Å²) in [6, 6.07) is 9.71. The lowest BCUT2D eigenvalue weighted by molar-refractivity contribution is -0.131. The third-order valence-corrected chi connectivity index (χ3v) is 5.19. The zero-order valence-corrected chi connectivity index (χ0v) is 14.2. The standard InChI is InChI=1S/C16H21N5OS/c1-12-8-10-20(11-9-12)15(22)13(2)23-16-17-18-19-21(16)14-6-4-3-5-7-14/h3-7,12-13H,8-11H2,1-2H3/t13-/m0/s1. The van der Waals surface area contributed by atoms with Gasteiger partial charge in [0.15, 0.2) is 0 Å². The molecule has 1 amide bonds. The van der Waals surface area contributed by atoms with Gasteiger partial charge in [-0.25, -0.2) is 0 Å². The first kappa shape index (κ1) is 16.0. The molecular formula is C16H21N5OS. The number of carbonyl (C=O) groups is 1. The number of hydrogen-bond acceptors (Lipinski definition) is 5. The molecule has 23 heavy (non-hydrogen) atoms. The van der Waals surface area contributed by atoms with E-state index in [-0.39, 0.29) is 11.2 Å². The monoisotopic (exact) mass is 331 g/mol. The molecule has 3 rings (SSSR count). The maximum atomic E-state index is 12.6. The topological polar surface area (TPSA) is 63.9 Å². The van der Waals surface area contributed by atoms with E-state index < -0.39 is 0 Å². The predicted octanol–water partition coefficient (Wildman–Crippen LogP) is 2.40. The fourth-order valence-corrected chi connectivity index (χ4v) is 3.57. The van der Waals surface area contributed by atoms with Crippen LogP contribution in [0.1, 0.15) is 26.7 Å². The van der Waals surface area contributed by atoms with Crippen molar-refractivity contribution >= 4 is 17.7 Å². The van der Waals surface area contributed by atoms with Crippen LogP contribution in [0.15, 0.2) is 35.5 Å². The molecule has 0 N–H and O–H groups in total. The summed E-state index contributed by atoms with van der Waals surface area (Å²) >= 11 is 1.41. The molecule has 1 saturated heterocycles. The Balaban J connectivity index is 1.68. The summed E-state index contributed by atoms with van der Waals surface area (Å²) in [5, 5.41) is 12.3. The molecule has 0 aliphatic carbocycles. The van der Waals surface area contributed by atoms with Crippen LogP contribution >= 0.6 is 11.8 Å². The van der Waals surface area contributed by atoms with E-state index in [0.717, 1.165) is 31.6 Å². The number of aromatic nitrogens is 4. The molecule has 2 heterocycles. The van der Waals surface area contributed by atoms with Gasteiger partial charge in [-0.05, 0) is 48.2 Å². The number of tetrazole rings is 1. The van der Waals surface area contributed by atoms with Gasteiger partial charge in [0.25, 0.3) is 0 Å². The maximum Gasteiger partial charge on any atom is 0.235 e. The summed E-state index contributed by atoms with van der Waals surface area (Å²) in [5.74, 6) is 0.886. The van der Waals surface area contributed by atoms with Crippen molar-refractivity contribution in [2.45, 2.75) is 37.1 Å². The first-order chi connectivity index (χ1) is 11.1. The normalized spacial score (nSPS) is 17.2. The zero-order chi connectivity index (χ0) is 16.2. The lowest BCUT2D eigenvalue weighted by Gasteiger charge is -2.31. The van der Waals surface area contributed by atoms with Gasteiger partial charge in [0, 0.05) is 13.1 Å². The molecule has 7 heteroatoms. The fraction of sp³-hybridized carbons (Fsp3) is 0.500. The molecule has 0 saturated carbocycles. The van der Waals surface area contributed by atoms with Gasteiger partial charge in [-0.15, -0.1) is 5.10 Å². The van der Waals surface area contributed by atoms with Crippen molar-refractivity contribution in [2.75, 3.05) is 13.1 Å². The Labute approximate surface area is 140 Å². The van der Waals surface area contributed by atoms with Gasteiger partial charge in [0.2, 0.25) is 11.1 Å². The van der Waals surface area contributed by atoms with Crippen LogP contribution in [0.3, 0.4) is 0 Å². The van der Waals surface area contributed by atoms with Crippen molar-refractivity contribution in [3.8, 4) is 5.69 Å². The van der Waals surface area contributed by atoms with Gasteiger partial charge in [-0.3, -0.25) is 4.79 Å². The Kier molecular flexibility index (Phi) is 4.95. The van der Waals surface area contributed by atoms with Crippen LogP contribution in [0.5, 0.6) is 0 Å². The molecule has 122 valence electrons. The Hall–Kier alpha value is -1.89. The highest BCUT2D eigenvalue weighted by Gasteiger charge is 2.26. The van der Waals surface area contributed by atoms with Crippen molar-refractivity contribution in [1.82, 2.24) is 25.1 Å². The number of hydrogen-bond donors (Lipinski definition) is 0. The molecule has 1 aliphatic rings. The number of carbonyl (C=O) groups excluding carboxylic acids is 1. The lowest BCUT2D eigenvalue weighted by Crippen LogP contribution is -2.41. The molecule has 6 nitrogen and oxygen atoms in total. The van der Waals surface area contributed by atoms with E-state index >= 15 is 0 Å². The molecular weight excluding hydrogens is 310 g/mol. The Morgan fingerprint density at radius 3 is 2.65 bits per heavy atom.